The zero-order valence-electron chi connectivity index (χ0n) is 6.55. The van der Waals surface area contributed by atoms with Gasteiger partial charge in [0.2, 0.25) is 5.56 Å². The smallest absolute Gasteiger partial charge is 0.742 e. The maximum absolute atomic E-state index is 10.7. The van der Waals surface area contributed by atoms with Gasteiger partial charge >= 0.3 is 51.4 Å². The molecule has 0 amide bonds. The first kappa shape index (κ1) is 11.7. The SMILES string of the molecule is CCc1cc(=O)[nH]c([S-])n1.[K+]. The van der Waals surface area contributed by atoms with E-state index in [0.29, 0.717) is 0 Å². The van der Waals surface area contributed by atoms with Gasteiger partial charge in [-0.25, -0.2) is 0 Å². The van der Waals surface area contributed by atoms with Crippen LogP contribution in [0.25, 0.3) is 0 Å². The minimum absolute atomic E-state index is 0. The zero-order chi connectivity index (χ0) is 7.56. The Kier molecular flexibility index (Phi) is 5.76. The van der Waals surface area contributed by atoms with Crippen LogP contribution in [0.5, 0.6) is 0 Å². The molecular formula is C6H7KN2OS. The molecule has 11 heavy (non-hydrogen) atoms. The molecule has 0 atom stereocenters. The number of aromatic amines is 1. The second-order valence-electron chi connectivity index (χ2n) is 1.90. The first-order valence-electron chi connectivity index (χ1n) is 2.99. The summed E-state index contributed by atoms with van der Waals surface area (Å²) in [6.07, 6.45) is 0.744. The van der Waals surface area contributed by atoms with E-state index in [9.17, 15) is 4.79 Å². The predicted molar refractivity (Wildman–Crippen MR) is 39.9 cm³/mol. The second-order valence-corrected chi connectivity index (χ2v) is 2.28. The normalized spacial score (nSPS) is 8.82. The van der Waals surface area contributed by atoms with E-state index in [-0.39, 0.29) is 62.1 Å². The summed E-state index contributed by atoms with van der Waals surface area (Å²) < 4.78 is 0. The summed E-state index contributed by atoms with van der Waals surface area (Å²) in [7, 11) is 0. The molecule has 5 heteroatoms. The van der Waals surface area contributed by atoms with Crippen LogP contribution < -0.4 is 56.9 Å². The number of rotatable bonds is 1. The molecule has 1 aromatic rings. The Hall–Kier alpha value is 0.736. The molecule has 0 spiro atoms. The van der Waals surface area contributed by atoms with Crippen molar-refractivity contribution in [2.24, 2.45) is 0 Å². The van der Waals surface area contributed by atoms with Gasteiger partial charge in [0.25, 0.3) is 0 Å². The standard InChI is InChI=1S/C6H8N2OS.K/c1-2-4-3-5(9)8-6(10)7-4;/h3H,2H2,1H3,(H2,7,8,9,10);/q;+1/p-1. The molecule has 3 nitrogen and oxygen atoms in total. The van der Waals surface area contributed by atoms with Crippen molar-refractivity contribution in [2.45, 2.75) is 18.5 Å². The van der Waals surface area contributed by atoms with Crippen molar-refractivity contribution in [1.29, 1.82) is 0 Å². The van der Waals surface area contributed by atoms with Crippen LogP contribution in [0, 0.1) is 0 Å². The Morgan fingerprint density at radius 1 is 1.73 bits per heavy atom. The van der Waals surface area contributed by atoms with Gasteiger partial charge in [-0.3, -0.25) is 9.78 Å². The van der Waals surface area contributed by atoms with Crippen LogP contribution in [0.2, 0.25) is 0 Å². The molecule has 0 aliphatic heterocycles. The van der Waals surface area contributed by atoms with E-state index < -0.39 is 0 Å². The molecular weight excluding hydrogens is 187 g/mol. The summed E-state index contributed by atoms with van der Waals surface area (Å²) in [5, 5.41) is 0.268. The monoisotopic (exact) mass is 194 g/mol. The van der Waals surface area contributed by atoms with Crippen molar-refractivity contribution in [1.82, 2.24) is 9.97 Å². The Morgan fingerprint density at radius 3 is 2.82 bits per heavy atom. The van der Waals surface area contributed by atoms with Crippen molar-refractivity contribution < 1.29 is 51.4 Å². The molecule has 1 rings (SSSR count). The van der Waals surface area contributed by atoms with Gasteiger partial charge in [-0.05, 0) is 11.6 Å². The van der Waals surface area contributed by atoms with E-state index >= 15 is 0 Å². The Labute approximate surface area is 113 Å². The number of aromatic nitrogens is 2. The number of nitrogens with one attached hydrogen (secondary N) is 1. The number of hydrogen-bond donors (Lipinski definition) is 1. The Balaban J connectivity index is 0.000001000. The largest absolute Gasteiger partial charge is 1.00 e. The van der Waals surface area contributed by atoms with Gasteiger partial charge in [-0.2, -0.15) is 0 Å². The maximum Gasteiger partial charge on any atom is 1.00 e. The van der Waals surface area contributed by atoms with E-state index in [1.165, 1.54) is 6.07 Å². The second kappa shape index (κ2) is 5.39. The van der Waals surface area contributed by atoms with Gasteiger partial charge in [0.15, 0.2) is 0 Å². The van der Waals surface area contributed by atoms with E-state index in [2.05, 4.69) is 22.6 Å². The van der Waals surface area contributed by atoms with Gasteiger partial charge in [0.05, 0.1) is 0 Å². The summed E-state index contributed by atoms with van der Waals surface area (Å²) in [6.45, 7) is 1.93. The molecule has 0 saturated carbocycles. The molecule has 54 valence electrons. The summed E-state index contributed by atoms with van der Waals surface area (Å²) in [5.74, 6) is 0. The fourth-order valence-electron chi connectivity index (χ4n) is 0.665. The molecule has 0 unspecified atom stereocenters. The fraction of sp³-hybridized carbons (Fsp3) is 0.333. The molecule has 0 saturated heterocycles. The van der Waals surface area contributed by atoms with Gasteiger partial charge in [0, 0.05) is 11.8 Å². The molecule has 1 heterocycles. The summed E-state index contributed by atoms with van der Waals surface area (Å²) in [4.78, 5) is 17.0. The van der Waals surface area contributed by atoms with Crippen molar-refractivity contribution in [3.8, 4) is 0 Å². The zero-order valence-corrected chi connectivity index (χ0v) is 10.5. The molecule has 0 aliphatic carbocycles. The van der Waals surface area contributed by atoms with Crippen LogP contribution in [0.4, 0.5) is 0 Å². The molecule has 0 bridgehead atoms. The van der Waals surface area contributed by atoms with Gasteiger partial charge < -0.3 is 17.6 Å². The minimum atomic E-state index is -0.170. The van der Waals surface area contributed by atoms with Crippen molar-refractivity contribution >= 4 is 12.6 Å². The van der Waals surface area contributed by atoms with Crippen LogP contribution in [-0.4, -0.2) is 9.97 Å². The summed E-state index contributed by atoms with van der Waals surface area (Å²) in [5.41, 5.74) is 0.575. The van der Waals surface area contributed by atoms with Crippen LogP contribution >= 0.6 is 0 Å². The fourth-order valence-corrected chi connectivity index (χ4v) is 0.882. The number of hydrogen-bond acceptors (Lipinski definition) is 3. The summed E-state index contributed by atoms with van der Waals surface area (Å²) >= 11 is 4.69. The van der Waals surface area contributed by atoms with Crippen molar-refractivity contribution in [2.75, 3.05) is 0 Å². The molecule has 1 N–H and O–H groups in total. The quantitative estimate of drug-likeness (QED) is 0.299. The van der Waals surface area contributed by atoms with Crippen molar-refractivity contribution in [3.63, 3.8) is 0 Å². The topological polar surface area (TPSA) is 45.8 Å². The minimum Gasteiger partial charge on any atom is -0.742 e. The molecule has 1 aromatic heterocycles. The third-order valence-electron chi connectivity index (χ3n) is 1.14. The molecule has 0 radical (unpaired) electrons. The molecule has 0 fully saturated rings. The average Bonchev–Trinajstić information content (AvgIpc) is 1.85. The third-order valence-corrected chi connectivity index (χ3v) is 1.33. The molecule has 0 aliphatic rings. The predicted octanol–water partition coefficient (Wildman–Crippen LogP) is -2.76. The number of H-pyrrole nitrogens is 1. The van der Waals surface area contributed by atoms with E-state index in [0.717, 1.165) is 12.1 Å². The van der Waals surface area contributed by atoms with Crippen molar-refractivity contribution in [3.05, 3.63) is 22.1 Å². The van der Waals surface area contributed by atoms with Crippen LogP contribution in [0.1, 0.15) is 12.6 Å². The van der Waals surface area contributed by atoms with Gasteiger partial charge in [0.1, 0.15) is 0 Å². The number of nitrogens with zero attached hydrogens (tertiary/aromatic N) is 1. The van der Waals surface area contributed by atoms with Gasteiger partial charge in [-0.1, -0.05) is 6.92 Å². The Bertz CT molecular complexity index is 286. The van der Waals surface area contributed by atoms with Crippen LogP contribution in [-0.2, 0) is 19.0 Å². The van der Waals surface area contributed by atoms with E-state index in [1.54, 1.807) is 0 Å². The van der Waals surface area contributed by atoms with E-state index in [1.807, 2.05) is 6.92 Å². The van der Waals surface area contributed by atoms with Gasteiger partial charge in [-0.15, -0.1) is 0 Å². The first-order chi connectivity index (χ1) is 4.72. The van der Waals surface area contributed by atoms with E-state index in [4.69, 9.17) is 0 Å². The maximum atomic E-state index is 10.7. The third kappa shape index (κ3) is 3.77. The van der Waals surface area contributed by atoms with Crippen LogP contribution in [0.3, 0.4) is 0 Å². The molecule has 0 aromatic carbocycles. The first-order valence-corrected chi connectivity index (χ1v) is 3.40. The average molecular weight is 194 g/mol. The van der Waals surface area contributed by atoms with Crippen LogP contribution in [0.15, 0.2) is 16.0 Å². The Morgan fingerprint density at radius 2 is 2.36 bits per heavy atom. The summed E-state index contributed by atoms with van der Waals surface area (Å²) in [6, 6.07) is 1.45. The number of aryl methyl sites for hydroxylation is 1.